The molecule has 3 amide bonds. The van der Waals surface area contributed by atoms with Crippen LogP contribution in [0.5, 0.6) is 0 Å². The van der Waals surface area contributed by atoms with Crippen LogP contribution in [0.1, 0.15) is 37.5 Å². The summed E-state index contributed by atoms with van der Waals surface area (Å²) >= 11 is 38.1. The zero-order chi connectivity index (χ0) is 37.0. The lowest BCUT2D eigenvalue weighted by atomic mass is 10.2. The molecule has 0 aliphatic carbocycles. The molecular formula is C33H30Cl6N3O7P. The molecule has 0 aromatic heterocycles. The molecule has 0 aliphatic heterocycles. The first-order chi connectivity index (χ1) is 23.7. The van der Waals surface area contributed by atoms with Gasteiger partial charge in [0, 0.05) is 34.7 Å². The predicted octanol–water partition coefficient (Wildman–Crippen LogP) is 9.34. The largest absolute Gasteiger partial charge is 0.647 e. The molecule has 10 nitrogen and oxygen atoms in total. The number of hydrogen-bond donors (Lipinski definition) is 3. The van der Waals surface area contributed by atoms with E-state index in [9.17, 15) is 18.9 Å². The number of likely N-dealkylation sites (N-methyl/N-ethyl adjacent to an activating group) is 3. The van der Waals surface area contributed by atoms with E-state index >= 15 is 0 Å². The average molecular weight is 824 g/mol. The predicted molar refractivity (Wildman–Crippen MR) is 200 cm³/mol. The van der Waals surface area contributed by atoms with Crippen LogP contribution in [0.15, 0.2) is 90.1 Å². The van der Waals surface area contributed by atoms with Crippen LogP contribution >= 0.6 is 77.4 Å². The van der Waals surface area contributed by atoms with E-state index in [0.717, 1.165) is 0 Å². The van der Waals surface area contributed by atoms with E-state index in [1.165, 1.54) is 72.8 Å². The summed E-state index contributed by atoms with van der Waals surface area (Å²) in [6.45, 7) is 5.09. The summed E-state index contributed by atoms with van der Waals surface area (Å²) in [6.07, 6.45) is 0. The number of hydrogen-bond acceptors (Lipinski definition) is 7. The van der Waals surface area contributed by atoms with Crippen molar-refractivity contribution in [3.63, 3.8) is 0 Å². The van der Waals surface area contributed by atoms with Gasteiger partial charge in [-0.25, -0.2) is 0 Å². The van der Waals surface area contributed by atoms with E-state index in [1.54, 1.807) is 20.8 Å². The average Bonchev–Trinajstić information content (AvgIpc) is 3.09. The lowest BCUT2D eigenvalue weighted by molar-refractivity contribution is -0.119. The molecule has 3 N–H and O–H groups in total. The quantitative estimate of drug-likeness (QED) is 0.0791. The van der Waals surface area contributed by atoms with Crippen molar-refractivity contribution in [3.05, 3.63) is 122 Å². The van der Waals surface area contributed by atoms with Gasteiger partial charge in [0.25, 0.3) is 17.7 Å². The zero-order valence-corrected chi connectivity index (χ0v) is 32.1. The number of carbonyl (C=O) groups excluding carboxylic acids is 3. The molecule has 0 radical (unpaired) electrons. The smallest absolute Gasteiger partial charge is 0.378 e. The first-order valence-electron chi connectivity index (χ1n) is 14.7. The van der Waals surface area contributed by atoms with Gasteiger partial charge in [-0.05, 0) is 73.9 Å². The van der Waals surface area contributed by atoms with Crippen LogP contribution in [0.2, 0.25) is 15.1 Å². The Labute approximate surface area is 319 Å². The van der Waals surface area contributed by atoms with E-state index < -0.39 is 42.8 Å². The summed E-state index contributed by atoms with van der Waals surface area (Å²) in [5.41, 5.74) is 0.628. The second-order valence-corrected chi connectivity index (χ2v) is 13.6. The van der Waals surface area contributed by atoms with Gasteiger partial charge in [0.1, 0.15) is 0 Å². The van der Waals surface area contributed by atoms with Gasteiger partial charge in [-0.2, -0.15) is 4.57 Å². The van der Waals surface area contributed by atoms with Gasteiger partial charge < -0.3 is 29.5 Å². The van der Waals surface area contributed by atoms with E-state index in [-0.39, 0.29) is 51.4 Å². The first kappa shape index (κ1) is 41.1. The molecule has 3 aromatic carbocycles. The van der Waals surface area contributed by atoms with E-state index in [2.05, 4.69) is 16.0 Å². The van der Waals surface area contributed by atoms with Gasteiger partial charge in [0.15, 0.2) is 0 Å². The molecule has 0 bridgehead atoms. The summed E-state index contributed by atoms with van der Waals surface area (Å²) in [6, 6.07) is 17.7. The monoisotopic (exact) mass is 821 g/mol. The Balaban J connectivity index is 2.36. The van der Waals surface area contributed by atoms with E-state index in [1.807, 2.05) is 0 Å². The summed E-state index contributed by atoms with van der Waals surface area (Å²) < 4.78 is 32.2. The maximum absolute atomic E-state index is 15.0. The Hall–Kier alpha value is -3.34. The minimum atomic E-state index is -5.46. The molecule has 3 aromatic rings. The van der Waals surface area contributed by atoms with Crippen molar-refractivity contribution in [2.75, 3.05) is 19.6 Å². The molecule has 266 valence electrons. The molecule has 0 saturated carbocycles. The molecule has 50 heavy (non-hydrogen) atoms. The van der Waals surface area contributed by atoms with Gasteiger partial charge in [0.05, 0.1) is 15.1 Å². The highest BCUT2D eigenvalue weighted by Gasteiger charge is 2.43. The third kappa shape index (κ3) is 11.3. The van der Waals surface area contributed by atoms with Crippen LogP contribution in [0.3, 0.4) is 0 Å². The maximum atomic E-state index is 15.0. The molecule has 0 aliphatic rings. The molecule has 0 spiro atoms. The van der Waals surface area contributed by atoms with Gasteiger partial charge in [0.2, 0.25) is 17.3 Å². The highest BCUT2D eigenvalue weighted by Crippen LogP contribution is 2.57. The molecule has 17 heteroatoms. The second-order valence-electron chi connectivity index (χ2n) is 9.75. The normalized spacial score (nSPS) is 12.8. The first-order valence-corrected chi connectivity index (χ1v) is 18.5. The molecule has 0 unspecified atom stereocenters. The molecule has 0 heterocycles. The number of phosphoric acid groups is 1. The van der Waals surface area contributed by atoms with Crippen LogP contribution in [-0.2, 0) is 32.5 Å². The highest BCUT2D eigenvalue weighted by molar-refractivity contribution is 7.49. The second kappa shape index (κ2) is 19.3. The van der Waals surface area contributed by atoms with Gasteiger partial charge >= 0.3 is 7.82 Å². The van der Waals surface area contributed by atoms with Crippen molar-refractivity contribution < 1.29 is 32.5 Å². The molecule has 0 fully saturated rings. The van der Waals surface area contributed by atoms with E-state index in [0.29, 0.717) is 15.1 Å². The third-order valence-electron chi connectivity index (χ3n) is 6.13. The third-order valence-corrected chi connectivity index (χ3v) is 9.28. The fourth-order valence-electron chi connectivity index (χ4n) is 3.84. The SMILES string of the molecule is CCNC(=O)/C(OP(=O)(O/C(C(=O)NCC)=C(/Cl)c1ccc(Cl)cc1)O/C(C(=O)NCC)=C(/Cl)c1ccc(Cl)cc1)=C(\Cl)c1ccc(Cl)cc1. The van der Waals surface area contributed by atoms with Crippen LogP contribution in [-0.4, -0.2) is 37.4 Å². The van der Waals surface area contributed by atoms with Crippen LogP contribution in [0, 0.1) is 0 Å². The number of benzene rings is 3. The summed E-state index contributed by atoms with van der Waals surface area (Å²) in [5, 5.41) is 7.51. The minimum absolute atomic E-state index is 0.0847. The van der Waals surface area contributed by atoms with Crippen molar-refractivity contribution in [1.82, 2.24) is 16.0 Å². The number of nitrogens with one attached hydrogen (secondary N) is 3. The van der Waals surface area contributed by atoms with Crippen molar-refractivity contribution >= 4 is 110 Å². The summed E-state index contributed by atoms with van der Waals surface area (Å²) in [7, 11) is -5.46. The standard InChI is InChI=1S/C33H30Cl6N3O7P/c1-4-40-31(43)28(25(37)19-7-13-22(34)14-8-19)47-50(46,48-29(32(44)41-5-2)26(38)20-9-15-23(35)16-10-20)49-30(33(45)42-6-3)27(39)21-11-17-24(36)18-12-21/h7-18H,4-6H2,1-3H3,(H,40,43)(H,41,44)(H,42,45)/b28-25+,29-26+,30-27+. The van der Waals surface area contributed by atoms with Crippen LogP contribution < -0.4 is 16.0 Å². The topological polar surface area (TPSA) is 132 Å². The van der Waals surface area contributed by atoms with Gasteiger partial charge in [-0.3, -0.25) is 14.4 Å². The summed E-state index contributed by atoms with van der Waals surface area (Å²) in [4.78, 5) is 40.3. The lowest BCUT2D eigenvalue weighted by Gasteiger charge is -2.24. The van der Waals surface area contributed by atoms with Crippen LogP contribution in [0.4, 0.5) is 0 Å². The number of amides is 3. The highest BCUT2D eigenvalue weighted by atomic mass is 35.5. The molecule has 3 rings (SSSR count). The molecule has 0 saturated heterocycles. The Morgan fingerprint density at radius 1 is 0.500 bits per heavy atom. The Bertz CT molecular complexity index is 1640. The number of halogens is 6. The number of rotatable bonds is 15. The Morgan fingerprint density at radius 2 is 0.720 bits per heavy atom. The van der Waals surface area contributed by atoms with Crippen molar-refractivity contribution in [1.29, 1.82) is 0 Å². The minimum Gasteiger partial charge on any atom is -0.378 e. The van der Waals surface area contributed by atoms with Crippen molar-refractivity contribution in [2.45, 2.75) is 20.8 Å². The fraction of sp³-hybridized carbons (Fsp3) is 0.182. The molecular weight excluding hydrogens is 794 g/mol. The Kier molecular flexibility index (Phi) is 15.9. The summed E-state index contributed by atoms with van der Waals surface area (Å²) in [5.74, 6) is -5.18. The lowest BCUT2D eigenvalue weighted by Crippen LogP contribution is -2.29. The Morgan fingerprint density at radius 3 is 0.920 bits per heavy atom. The van der Waals surface area contributed by atoms with Crippen molar-refractivity contribution in [3.8, 4) is 0 Å². The number of phosphoric ester groups is 1. The van der Waals surface area contributed by atoms with Gasteiger partial charge in [-0.1, -0.05) is 106 Å². The van der Waals surface area contributed by atoms with Gasteiger partial charge in [-0.15, -0.1) is 0 Å². The molecule has 0 atom stereocenters. The maximum Gasteiger partial charge on any atom is 0.647 e. The van der Waals surface area contributed by atoms with E-state index in [4.69, 9.17) is 83.2 Å². The zero-order valence-electron chi connectivity index (χ0n) is 26.6. The fourth-order valence-corrected chi connectivity index (χ4v) is 6.44. The van der Waals surface area contributed by atoms with Crippen LogP contribution in [0.25, 0.3) is 15.1 Å². The number of carbonyl (C=O) groups is 3. The van der Waals surface area contributed by atoms with Crippen molar-refractivity contribution in [2.24, 2.45) is 0 Å².